The highest BCUT2D eigenvalue weighted by Gasteiger charge is 2.02. The molecule has 0 aromatic rings. The molecular weight excluding hydrogens is 176 g/mol. The average molecular weight is 198 g/mol. The summed E-state index contributed by atoms with van der Waals surface area (Å²) in [5, 5.41) is 8.50. The van der Waals surface area contributed by atoms with Crippen molar-refractivity contribution in [2.45, 2.75) is 32.6 Å². The highest BCUT2D eigenvalue weighted by atomic mass is 16.5. The molecule has 0 aliphatic rings. The van der Waals surface area contributed by atoms with Crippen LogP contribution in [0.5, 0.6) is 0 Å². The Hall–Kier alpha value is -0.590. The van der Waals surface area contributed by atoms with E-state index in [1.165, 1.54) is 19.3 Å². The fourth-order valence-electron chi connectivity index (χ4n) is 1.35. The number of unbranched alkanes of at least 4 members (excludes halogenated alkanes) is 2. The molecular formula is C11H22N2O. The Labute approximate surface area is 87.7 Å². The standard InChI is InChI=1S/C11H22N2O/c1-3-4-5-8-13(9-6-7-12)10-11-14-2/h3-6,8-11H2,1-2H3. The maximum Gasteiger partial charge on any atom is 0.0635 e. The fourth-order valence-corrected chi connectivity index (χ4v) is 1.35. The molecule has 0 aliphatic carbocycles. The van der Waals surface area contributed by atoms with Crippen molar-refractivity contribution in [1.29, 1.82) is 5.26 Å². The van der Waals surface area contributed by atoms with E-state index in [0.29, 0.717) is 6.42 Å². The van der Waals surface area contributed by atoms with Crippen LogP contribution in [-0.2, 0) is 4.74 Å². The number of nitrogens with zero attached hydrogens (tertiary/aromatic N) is 2. The van der Waals surface area contributed by atoms with Gasteiger partial charge in [0.1, 0.15) is 0 Å². The topological polar surface area (TPSA) is 36.3 Å². The van der Waals surface area contributed by atoms with Crippen LogP contribution in [0.15, 0.2) is 0 Å². The normalized spacial score (nSPS) is 10.4. The number of hydrogen-bond donors (Lipinski definition) is 0. The van der Waals surface area contributed by atoms with Gasteiger partial charge >= 0.3 is 0 Å². The summed E-state index contributed by atoms with van der Waals surface area (Å²) in [5.41, 5.74) is 0. The summed E-state index contributed by atoms with van der Waals surface area (Å²) >= 11 is 0. The minimum Gasteiger partial charge on any atom is -0.383 e. The van der Waals surface area contributed by atoms with Crippen molar-refractivity contribution in [3.05, 3.63) is 0 Å². The van der Waals surface area contributed by atoms with Crippen molar-refractivity contribution in [3.63, 3.8) is 0 Å². The molecule has 0 unspecified atom stereocenters. The first-order valence-corrected chi connectivity index (χ1v) is 5.43. The maximum atomic E-state index is 8.50. The van der Waals surface area contributed by atoms with Crippen LogP contribution in [-0.4, -0.2) is 38.3 Å². The fraction of sp³-hybridized carbons (Fsp3) is 0.909. The number of rotatable bonds is 9. The van der Waals surface area contributed by atoms with Gasteiger partial charge in [-0.2, -0.15) is 5.26 Å². The molecule has 0 fully saturated rings. The largest absolute Gasteiger partial charge is 0.383 e. The van der Waals surface area contributed by atoms with Crippen molar-refractivity contribution in [3.8, 4) is 6.07 Å². The molecule has 0 aromatic carbocycles. The third-order valence-corrected chi connectivity index (χ3v) is 2.23. The first-order chi connectivity index (χ1) is 6.85. The Balaban J connectivity index is 3.56. The summed E-state index contributed by atoms with van der Waals surface area (Å²) in [6.07, 6.45) is 4.37. The van der Waals surface area contributed by atoms with Crippen LogP contribution in [0.4, 0.5) is 0 Å². The molecule has 0 radical (unpaired) electrons. The van der Waals surface area contributed by atoms with Crippen molar-refractivity contribution in [2.24, 2.45) is 0 Å². The summed E-state index contributed by atoms with van der Waals surface area (Å²) in [6, 6.07) is 2.18. The SMILES string of the molecule is CCCCCN(CCC#N)CCOC. The Kier molecular flexibility index (Phi) is 10.0. The molecule has 82 valence electrons. The number of ether oxygens (including phenoxy) is 1. The zero-order valence-electron chi connectivity index (χ0n) is 9.46. The van der Waals surface area contributed by atoms with Crippen molar-refractivity contribution < 1.29 is 4.74 Å². The van der Waals surface area contributed by atoms with Gasteiger partial charge in [0.25, 0.3) is 0 Å². The van der Waals surface area contributed by atoms with Crippen LogP contribution >= 0.6 is 0 Å². The smallest absolute Gasteiger partial charge is 0.0635 e. The predicted octanol–water partition coefficient (Wildman–Crippen LogP) is 2.04. The van der Waals surface area contributed by atoms with Crippen LogP contribution in [0.3, 0.4) is 0 Å². The molecule has 0 aromatic heterocycles. The zero-order valence-corrected chi connectivity index (χ0v) is 9.46. The second-order valence-electron chi connectivity index (χ2n) is 3.45. The lowest BCUT2D eigenvalue weighted by Crippen LogP contribution is -2.29. The monoisotopic (exact) mass is 198 g/mol. The van der Waals surface area contributed by atoms with E-state index in [0.717, 1.165) is 26.2 Å². The van der Waals surface area contributed by atoms with Gasteiger partial charge < -0.3 is 9.64 Å². The van der Waals surface area contributed by atoms with Gasteiger partial charge in [0.15, 0.2) is 0 Å². The van der Waals surface area contributed by atoms with Crippen LogP contribution in [0, 0.1) is 11.3 Å². The summed E-state index contributed by atoms with van der Waals surface area (Å²) in [5.74, 6) is 0. The van der Waals surface area contributed by atoms with Gasteiger partial charge in [0, 0.05) is 26.6 Å². The van der Waals surface area contributed by atoms with E-state index in [4.69, 9.17) is 10.00 Å². The van der Waals surface area contributed by atoms with Crippen LogP contribution in [0.1, 0.15) is 32.6 Å². The van der Waals surface area contributed by atoms with E-state index in [1.807, 2.05) is 0 Å². The van der Waals surface area contributed by atoms with E-state index in [1.54, 1.807) is 7.11 Å². The molecule has 0 spiro atoms. The van der Waals surface area contributed by atoms with Gasteiger partial charge in [0.05, 0.1) is 12.7 Å². The molecule has 14 heavy (non-hydrogen) atoms. The molecule has 0 heterocycles. The highest BCUT2D eigenvalue weighted by molar-refractivity contribution is 4.72. The van der Waals surface area contributed by atoms with Crippen LogP contribution in [0.25, 0.3) is 0 Å². The van der Waals surface area contributed by atoms with E-state index >= 15 is 0 Å². The molecule has 3 heteroatoms. The molecule has 0 N–H and O–H groups in total. The lowest BCUT2D eigenvalue weighted by Gasteiger charge is -2.20. The molecule has 0 saturated carbocycles. The maximum absolute atomic E-state index is 8.50. The van der Waals surface area contributed by atoms with Gasteiger partial charge in [-0.25, -0.2) is 0 Å². The Morgan fingerprint density at radius 3 is 2.57 bits per heavy atom. The first kappa shape index (κ1) is 13.4. The quantitative estimate of drug-likeness (QED) is 0.532. The van der Waals surface area contributed by atoms with Crippen molar-refractivity contribution in [2.75, 3.05) is 33.4 Å². The lowest BCUT2D eigenvalue weighted by molar-refractivity contribution is 0.147. The first-order valence-electron chi connectivity index (χ1n) is 5.43. The van der Waals surface area contributed by atoms with E-state index < -0.39 is 0 Å². The molecule has 0 saturated heterocycles. The van der Waals surface area contributed by atoms with Crippen molar-refractivity contribution >= 4 is 0 Å². The van der Waals surface area contributed by atoms with Crippen LogP contribution in [0.2, 0.25) is 0 Å². The lowest BCUT2D eigenvalue weighted by atomic mass is 10.2. The minimum atomic E-state index is 0.621. The second-order valence-corrected chi connectivity index (χ2v) is 3.45. The highest BCUT2D eigenvalue weighted by Crippen LogP contribution is 1.99. The second kappa shape index (κ2) is 10.5. The molecule has 0 rings (SSSR count). The Morgan fingerprint density at radius 1 is 1.21 bits per heavy atom. The number of nitriles is 1. The molecule has 0 aliphatic heterocycles. The molecule has 3 nitrogen and oxygen atoms in total. The van der Waals surface area contributed by atoms with Gasteiger partial charge in [-0.3, -0.25) is 0 Å². The van der Waals surface area contributed by atoms with Crippen LogP contribution < -0.4 is 0 Å². The van der Waals surface area contributed by atoms with Gasteiger partial charge in [-0.15, -0.1) is 0 Å². The predicted molar refractivity (Wildman–Crippen MR) is 58.1 cm³/mol. The Bertz CT molecular complexity index is 154. The zero-order chi connectivity index (χ0) is 10.6. The summed E-state index contributed by atoms with van der Waals surface area (Å²) in [6.45, 7) is 5.89. The summed E-state index contributed by atoms with van der Waals surface area (Å²) < 4.78 is 5.03. The average Bonchev–Trinajstić information content (AvgIpc) is 2.21. The summed E-state index contributed by atoms with van der Waals surface area (Å²) in [4.78, 5) is 2.31. The minimum absolute atomic E-state index is 0.621. The van der Waals surface area contributed by atoms with Gasteiger partial charge in [-0.1, -0.05) is 19.8 Å². The summed E-state index contributed by atoms with van der Waals surface area (Å²) in [7, 11) is 1.72. The van der Waals surface area contributed by atoms with E-state index in [9.17, 15) is 0 Å². The molecule has 0 bridgehead atoms. The number of hydrogen-bond acceptors (Lipinski definition) is 3. The van der Waals surface area contributed by atoms with Crippen molar-refractivity contribution in [1.82, 2.24) is 4.90 Å². The number of methoxy groups -OCH3 is 1. The van der Waals surface area contributed by atoms with Gasteiger partial charge in [-0.05, 0) is 13.0 Å². The Morgan fingerprint density at radius 2 is 2.00 bits per heavy atom. The molecule has 0 atom stereocenters. The van der Waals surface area contributed by atoms with E-state index in [-0.39, 0.29) is 0 Å². The van der Waals surface area contributed by atoms with Gasteiger partial charge in [0.2, 0.25) is 0 Å². The third-order valence-electron chi connectivity index (χ3n) is 2.23. The third kappa shape index (κ3) is 8.03. The van der Waals surface area contributed by atoms with E-state index in [2.05, 4.69) is 17.9 Å². The molecule has 0 amide bonds.